The van der Waals surface area contributed by atoms with Crippen LogP contribution in [-0.4, -0.2) is 29.2 Å². The van der Waals surface area contributed by atoms with Crippen LogP contribution >= 0.6 is 0 Å². The van der Waals surface area contributed by atoms with Crippen LogP contribution in [0.4, 0.5) is 11.4 Å². The second-order valence-corrected chi connectivity index (χ2v) is 6.73. The number of hydrogen-bond donors (Lipinski definition) is 3. The molecule has 132 valence electrons. The summed E-state index contributed by atoms with van der Waals surface area (Å²) in [7, 11) is -4.35. The van der Waals surface area contributed by atoms with Crippen molar-refractivity contribution in [2.45, 2.75) is 4.90 Å². The second kappa shape index (κ2) is 8.15. The van der Waals surface area contributed by atoms with Gasteiger partial charge >= 0.3 is 35.5 Å². The van der Waals surface area contributed by atoms with Crippen LogP contribution in [0.15, 0.2) is 69.7 Å². The van der Waals surface area contributed by atoms with Crippen LogP contribution in [0, 0.1) is 0 Å². The molecular formula is C17H12N2NaO6S+. The van der Waals surface area contributed by atoms with Crippen molar-refractivity contribution in [2.24, 2.45) is 10.2 Å². The Morgan fingerprint density at radius 1 is 0.926 bits per heavy atom. The van der Waals surface area contributed by atoms with Crippen LogP contribution in [-0.2, 0) is 10.1 Å². The van der Waals surface area contributed by atoms with E-state index < -0.39 is 16.1 Å². The van der Waals surface area contributed by atoms with Crippen molar-refractivity contribution in [2.75, 3.05) is 0 Å². The van der Waals surface area contributed by atoms with Gasteiger partial charge in [0.1, 0.15) is 16.2 Å². The van der Waals surface area contributed by atoms with Crippen LogP contribution in [0.2, 0.25) is 0 Å². The molecule has 0 atom stereocenters. The van der Waals surface area contributed by atoms with Crippen molar-refractivity contribution in [3.05, 3.63) is 60.2 Å². The molecule has 3 aromatic rings. The van der Waals surface area contributed by atoms with Crippen molar-refractivity contribution in [1.82, 2.24) is 0 Å². The maximum atomic E-state index is 11.4. The van der Waals surface area contributed by atoms with Crippen LogP contribution in [0.25, 0.3) is 10.8 Å². The Balaban J connectivity index is 0.00000261. The van der Waals surface area contributed by atoms with E-state index in [-0.39, 0.29) is 51.5 Å². The third-order valence-corrected chi connectivity index (χ3v) is 4.51. The number of rotatable bonds is 4. The number of carboxylic acid groups (broad SMARTS) is 1. The third kappa shape index (κ3) is 4.71. The fourth-order valence-electron chi connectivity index (χ4n) is 2.40. The molecule has 0 aliphatic carbocycles. The third-order valence-electron chi connectivity index (χ3n) is 3.59. The summed E-state index contributed by atoms with van der Waals surface area (Å²) in [5, 5.41) is 27.2. The zero-order valence-electron chi connectivity index (χ0n) is 14.1. The van der Waals surface area contributed by atoms with Crippen LogP contribution in [0.1, 0.15) is 10.4 Å². The van der Waals surface area contributed by atoms with E-state index in [4.69, 9.17) is 5.11 Å². The first-order chi connectivity index (χ1) is 12.3. The number of fused-ring (bicyclic) bond motifs is 1. The van der Waals surface area contributed by atoms with Gasteiger partial charge in [0.25, 0.3) is 10.1 Å². The summed E-state index contributed by atoms with van der Waals surface area (Å²) in [6, 6.07) is 12.8. The number of nitrogens with zero attached hydrogens (tertiary/aromatic N) is 2. The average Bonchev–Trinajstić information content (AvgIpc) is 2.59. The minimum atomic E-state index is -4.35. The normalized spacial score (nSPS) is 11.4. The van der Waals surface area contributed by atoms with E-state index in [0.29, 0.717) is 16.5 Å². The predicted octanol–water partition coefficient (Wildman–Crippen LogP) is 0.910. The first kappa shape index (κ1) is 21.0. The largest absolute Gasteiger partial charge is 1.00 e. The number of phenols is 1. The molecule has 0 heterocycles. The zero-order chi connectivity index (χ0) is 18.9. The molecule has 8 nitrogen and oxygen atoms in total. The number of carboxylic acids is 1. The molecule has 0 aromatic heterocycles. The maximum Gasteiger partial charge on any atom is 1.00 e. The number of hydrogen-bond acceptors (Lipinski definition) is 6. The summed E-state index contributed by atoms with van der Waals surface area (Å²) < 4.78 is 32.1. The van der Waals surface area contributed by atoms with Gasteiger partial charge in [0.15, 0.2) is 0 Å². The summed E-state index contributed by atoms with van der Waals surface area (Å²) in [6.07, 6.45) is 0. The van der Waals surface area contributed by atoms with Gasteiger partial charge in [-0.2, -0.15) is 18.6 Å². The van der Waals surface area contributed by atoms with Gasteiger partial charge in [0.05, 0.1) is 11.4 Å². The molecule has 0 amide bonds. The van der Waals surface area contributed by atoms with Crippen molar-refractivity contribution in [1.29, 1.82) is 0 Å². The van der Waals surface area contributed by atoms with Crippen molar-refractivity contribution in [3.8, 4) is 5.75 Å². The molecule has 3 aromatic carbocycles. The Morgan fingerprint density at radius 3 is 2.19 bits per heavy atom. The van der Waals surface area contributed by atoms with Gasteiger partial charge < -0.3 is 10.2 Å². The van der Waals surface area contributed by atoms with Gasteiger partial charge in [0.2, 0.25) is 0 Å². The van der Waals surface area contributed by atoms with Crippen molar-refractivity contribution >= 4 is 38.2 Å². The number of aromatic carboxylic acids is 1. The van der Waals surface area contributed by atoms with Gasteiger partial charge in [0, 0.05) is 5.39 Å². The van der Waals surface area contributed by atoms with E-state index in [0.717, 1.165) is 0 Å². The first-order valence-corrected chi connectivity index (χ1v) is 8.68. The number of azo groups is 1. The fraction of sp³-hybridized carbons (Fsp3) is 0. The summed E-state index contributed by atoms with van der Waals surface area (Å²) in [5.41, 5.74) is 0.333. The second-order valence-electron chi connectivity index (χ2n) is 5.34. The molecule has 0 radical (unpaired) electrons. The minimum Gasteiger partial charge on any atom is -0.507 e. The summed E-state index contributed by atoms with van der Waals surface area (Å²) in [6.45, 7) is 0. The Bertz CT molecular complexity index is 1160. The Kier molecular flexibility index (Phi) is 6.34. The molecule has 0 aliphatic heterocycles. The molecule has 0 unspecified atom stereocenters. The molecular weight excluding hydrogens is 383 g/mol. The Morgan fingerprint density at radius 2 is 1.56 bits per heavy atom. The van der Waals surface area contributed by atoms with Gasteiger partial charge in [-0.25, -0.2) is 4.79 Å². The number of benzene rings is 3. The van der Waals surface area contributed by atoms with Crippen LogP contribution < -0.4 is 29.6 Å². The van der Waals surface area contributed by atoms with Crippen LogP contribution in [0.5, 0.6) is 5.75 Å². The smallest absolute Gasteiger partial charge is 0.507 e. The van der Waals surface area contributed by atoms with E-state index in [2.05, 4.69) is 10.2 Å². The van der Waals surface area contributed by atoms with Gasteiger partial charge in [-0.15, -0.1) is 0 Å². The molecule has 0 saturated carbocycles. The molecule has 3 N–H and O–H groups in total. The van der Waals surface area contributed by atoms with Crippen molar-refractivity contribution in [3.63, 3.8) is 0 Å². The topological polar surface area (TPSA) is 137 Å². The molecule has 0 spiro atoms. The van der Waals surface area contributed by atoms with E-state index in [1.165, 1.54) is 42.5 Å². The molecule has 10 heteroatoms. The molecule has 3 rings (SSSR count). The van der Waals surface area contributed by atoms with E-state index in [1.54, 1.807) is 12.1 Å². The van der Waals surface area contributed by atoms with E-state index in [9.17, 15) is 22.9 Å². The number of aromatic hydroxyl groups is 1. The summed E-state index contributed by atoms with van der Waals surface area (Å²) in [5.74, 6) is -1.66. The number of carbonyl (C=O) groups is 1. The summed E-state index contributed by atoms with van der Waals surface area (Å²) in [4.78, 5) is 10.8. The minimum absolute atomic E-state index is 0. The summed E-state index contributed by atoms with van der Waals surface area (Å²) >= 11 is 0. The molecule has 27 heavy (non-hydrogen) atoms. The SMILES string of the molecule is O=C(O)c1cc(N=Nc2ccc3c(S(=O)(=O)O)cccc3c2)ccc1O.[Na+]. The van der Waals surface area contributed by atoms with Gasteiger partial charge in [-0.1, -0.05) is 18.2 Å². The van der Waals surface area contributed by atoms with Gasteiger partial charge in [-0.05, 0) is 41.8 Å². The van der Waals surface area contributed by atoms with E-state index >= 15 is 0 Å². The maximum absolute atomic E-state index is 11.4. The first-order valence-electron chi connectivity index (χ1n) is 7.24. The quantitative estimate of drug-likeness (QED) is 0.341. The molecule has 0 fully saturated rings. The molecule has 0 aliphatic rings. The van der Waals surface area contributed by atoms with Crippen LogP contribution in [0.3, 0.4) is 0 Å². The molecule has 0 saturated heterocycles. The fourth-order valence-corrected chi connectivity index (χ4v) is 3.12. The standard InChI is InChI=1S/C17H12N2O6S.Na/c20-15-7-5-12(9-14(15)17(21)22)19-18-11-4-6-13-10(8-11)2-1-3-16(13)26(23,24)25;/h1-9,20H,(H,21,22)(H,23,24,25);/q;+1. The Hall–Kier alpha value is -2.30. The molecule has 0 bridgehead atoms. The monoisotopic (exact) mass is 395 g/mol. The van der Waals surface area contributed by atoms with Crippen molar-refractivity contribution < 1.29 is 57.5 Å². The van der Waals surface area contributed by atoms with Gasteiger partial charge in [-0.3, -0.25) is 4.55 Å². The van der Waals surface area contributed by atoms with E-state index in [1.807, 2.05) is 0 Å². The zero-order valence-corrected chi connectivity index (χ0v) is 16.9. The predicted molar refractivity (Wildman–Crippen MR) is 93.0 cm³/mol. The Labute approximate surface area is 176 Å². The average molecular weight is 395 g/mol.